The van der Waals surface area contributed by atoms with Gasteiger partial charge in [-0.25, -0.2) is 0 Å². The van der Waals surface area contributed by atoms with E-state index in [0.29, 0.717) is 16.3 Å². The summed E-state index contributed by atoms with van der Waals surface area (Å²) >= 11 is 6.00. The number of halogens is 1. The van der Waals surface area contributed by atoms with Crippen molar-refractivity contribution in [1.82, 2.24) is 4.90 Å². The zero-order chi connectivity index (χ0) is 14.0. The van der Waals surface area contributed by atoms with Crippen LogP contribution >= 0.6 is 11.6 Å². The molecule has 2 unspecified atom stereocenters. The molecule has 1 aliphatic rings. The summed E-state index contributed by atoms with van der Waals surface area (Å²) in [6.45, 7) is 4.20. The molecule has 0 aliphatic carbocycles. The van der Waals surface area contributed by atoms with Gasteiger partial charge >= 0.3 is 0 Å². The fraction of sp³-hybridized carbons (Fsp3) is 0.533. The second-order valence-corrected chi connectivity index (χ2v) is 5.62. The molecule has 1 fully saturated rings. The number of ether oxygens (including phenoxy) is 1. The van der Waals surface area contributed by atoms with E-state index in [9.17, 15) is 4.79 Å². The molecular formula is C15H20ClNO2. The van der Waals surface area contributed by atoms with Gasteiger partial charge in [-0.2, -0.15) is 0 Å². The first kappa shape index (κ1) is 14.2. The Labute approximate surface area is 119 Å². The number of nitrogens with zero attached hydrogens (tertiary/aromatic N) is 1. The quantitative estimate of drug-likeness (QED) is 0.826. The van der Waals surface area contributed by atoms with Crippen LogP contribution in [-0.2, 0) is 0 Å². The molecule has 0 radical (unpaired) electrons. The normalized spacial score (nSPS) is 23.3. The number of likely N-dealkylation sites (tertiary alicyclic amines) is 1. The van der Waals surface area contributed by atoms with Gasteiger partial charge in [0.1, 0.15) is 5.75 Å². The average Bonchev–Trinajstić information content (AvgIpc) is 2.38. The Morgan fingerprint density at radius 3 is 2.53 bits per heavy atom. The molecule has 1 aliphatic heterocycles. The summed E-state index contributed by atoms with van der Waals surface area (Å²) in [7, 11) is 1.57. The summed E-state index contributed by atoms with van der Waals surface area (Å²) < 4.78 is 5.28. The minimum absolute atomic E-state index is 0.0130. The van der Waals surface area contributed by atoms with Gasteiger partial charge in [0, 0.05) is 17.1 Å². The van der Waals surface area contributed by atoms with E-state index in [1.165, 1.54) is 6.42 Å². The van der Waals surface area contributed by atoms with E-state index in [1.807, 2.05) is 4.90 Å². The smallest absolute Gasteiger partial charge is 0.258 e. The first-order valence-corrected chi connectivity index (χ1v) is 7.08. The molecule has 104 valence electrons. The molecule has 0 spiro atoms. The molecule has 1 saturated heterocycles. The summed E-state index contributed by atoms with van der Waals surface area (Å²) in [5.74, 6) is 0.596. The molecule has 1 heterocycles. The Morgan fingerprint density at radius 2 is 1.95 bits per heavy atom. The van der Waals surface area contributed by atoms with E-state index < -0.39 is 0 Å². The lowest BCUT2D eigenvalue weighted by Crippen LogP contribution is -2.47. The van der Waals surface area contributed by atoms with Crippen LogP contribution in [0.5, 0.6) is 5.75 Å². The molecule has 1 amide bonds. The Morgan fingerprint density at radius 1 is 1.32 bits per heavy atom. The maximum atomic E-state index is 12.7. The lowest BCUT2D eigenvalue weighted by atomic mass is 9.96. The number of benzene rings is 1. The van der Waals surface area contributed by atoms with Crippen molar-refractivity contribution in [3.63, 3.8) is 0 Å². The predicted molar refractivity (Wildman–Crippen MR) is 76.9 cm³/mol. The molecule has 4 heteroatoms. The topological polar surface area (TPSA) is 29.5 Å². The van der Waals surface area contributed by atoms with Crippen molar-refractivity contribution in [1.29, 1.82) is 0 Å². The fourth-order valence-electron chi connectivity index (χ4n) is 2.81. The molecule has 1 aromatic carbocycles. The highest BCUT2D eigenvalue weighted by atomic mass is 35.5. The van der Waals surface area contributed by atoms with E-state index in [1.54, 1.807) is 25.3 Å². The van der Waals surface area contributed by atoms with Crippen LogP contribution in [0.2, 0.25) is 5.02 Å². The lowest BCUT2D eigenvalue weighted by Gasteiger charge is -2.39. The standard InChI is InChI=1S/C15H20ClNO2/c1-10-5-4-6-11(2)17(10)15(18)13-9-12(16)7-8-14(13)19-3/h7-11H,4-6H2,1-3H3. The number of carbonyl (C=O) groups excluding carboxylic acids is 1. The Hall–Kier alpha value is -1.22. The maximum absolute atomic E-state index is 12.7. The van der Waals surface area contributed by atoms with Crippen molar-refractivity contribution in [2.24, 2.45) is 0 Å². The van der Waals surface area contributed by atoms with Gasteiger partial charge in [0.25, 0.3) is 5.91 Å². The van der Waals surface area contributed by atoms with Gasteiger partial charge in [0.2, 0.25) is 0 Å². The summed E-state index contributed by atoms with van der Waals surface area (Å²) in [6, 6.07) is 5.70. The minimum atomic E-state index is 0.0130. The number of hydrogen-bond donors (Lipinski definition) is 0. The van der Waals surface area contributed by atoms with Crippen LogP contribution in [-0.4, -0.2) is 30.0 Å². The summed E-state index contributed by atoms with van der Waals surface area (Å²) in [5, 5.41) is 0.557. The average molecular weight is 282 g/mol. The maximum Gasteiger partial charge on any atom is 0.258 e. The third-order valence-electron chi connectivity index (χ3n) is 3.82. The molecule has 0 N–H and O–H groups in total. The molecule has 2 atom stereocenters. The minimum Gasteiger partial charge on any atom is -0.496 e. The number of hydrogen-bond acceptors (Lipinski definition) is 2. The van der Waals surface area contributed by atoms with Gasteiger partial charge in [-0.3, -0.25) is 4.79 Å². The zero-order valence-electron chi connectivity index (χ0n) is 11.6. The van der Waals surface area contributed by atoms with Gasteiger partial charge in [-0.05, 0) is 51.3 Å². The summed E-state index contributed by atoms with van der Waals surface area (Å²) in [4.78, 5) is 14.7. The summed E-state index contributed by atoms with van der Waals surface area (Å²) in [6.07, 6.45) is 3.29. The molecule has 19 heavy (non-hydrogen) atoms. The lowest BCUT2D eigenvalue weighted by molar-refractivity contribution is 0.0507. The summed E-state index contributed by atoms with van der Waals surface area (Å²) in [5.41, 5.74) is 0.551. The van der Waals surface area contributed by atoms with E-state index in [0.717, 1.165) is 12.8 Å². The number of rotatable bonds is 2. The van der Waals surface area contributed by atoms with Crippen molar-refractivity contribution in [3.05, 3.63) is 28.8 Å². The van der Waals surface area contributed by atoms with Gasteiger partial charge in [-0.15, -0.1) is 0 Å². The van der Waals surface area contributed by atoms with E-state index in [-0.39, 0.29) is 18.0 Å². The SMILES string of the molecule is COc1ccc(Cl)cc1C(=O)N1C(C)CCCC1C. The Kier molecular flexibility index (Phi) is 4.35. The highest BCUT2D eigenvalue weighted by molar-refractivity contribution is 6.31. The number of methoxy groups -OCH3 is 1. The molecule has 2 rings (SSSR count). The van der Waals surface area contributed by atoms with Crippen LogP contribution in [0, 0.1) is 0 Å². The Balaban J connectivity index is 2.35. The van der Waals surface area contributed by atoms with Crippen molar-refractivity contribution in [2.45, 2.75) is 45.2 Å². The first-order chi connectivity index (χ1) is 9.04. The van der Waals surface area contributed by atoms with Crippen LogP contribution in [0.1, 0.15) is 43.5 Å². The third-order valence-corrected chi connectivity index (χ3v) is 4.06. The van der Waals surface area contributed by atoms with Crippen LogP contribution in [0.15, 0.2) is 18.2 Å². The van der Waals surface area contributed by atoms with E-state index >= 15 is 0 Å². The molecular weight excluding hydrogens is 262 g/mol. The van der Waals surface area contributed by atoms with Crippen LogP contribution in [0.4, 0.5) is 0 Å². The molecule has 3 nitrogen and oxygen atoms in total. The fourth-order valence-corrected chi connectivity index (χ4v) is 2.98. The second kappa shape index (κ2) is 5.83. The van der Waals surface area contributed by atoms with Crippen LogP contribution < -0.4 is 4.74 Å². The highest BCUT2D eigenvalue weighted by Crippen LogP contribution is 2.29. The molecule has 0 aromatic heterocycles. The zero-order valence-corrected chi connectivity index (χ0v) is 12.4. The van der Waals surface area contributed by atoms with Gasteiger partial charge in [-0.1, -0.05) is 11.6 Å². The highest BCUT2D eigenvalue weighted by Gasteiger charge is 2.31. The van der Waals surface area contributed by atoms with Crippen molar-refractivity contribution < 1.29 is 9.53 Å². The van der Waals surface area contributed by atoms with Gasteiger partial charge in [0.05, 0.1) is 12.7 Å². The largest absolute Gasteiger partial charge is 0.496 e. The third kappa shape index (κ3) is 2.86. The molecule has 0 bridgehead atoms. The van der Waals surface area contributed by atoms with E-state index in [2.05, 4.69) is 13.8 Å². The number of carbonyl (C=O) groups is 1. The van der Waals surface area contributed by atoms with Crippen LogP contribution in [0.3, 0.4) is 0 Å². The van der Waals surface area contributed by atoms with Crippen LogP contribution in [0.25, 0.3) is 0 Å². The second-order valence-electron chi connectivity index (χ2n) is 5.19. The van der Waals surface area contributed by atoms with Crippen molar-refractivity contribution in [2.75, 3.05) is 7.11 Å². The first-order valence-electron chi connectivity index (χ1n) is 6.70. The molecule has 1 aromatic rings. The van der Waals surface area contributed by atoms with Crippen molar-refractivity contribution in [3.8, 4) is 5.75 Å². The monoisotopic (exact) mass is 281 g/mol. The number of piperidine rings is 1. The Bertz CT molecular complexity index is 465. The predicted octanol–water partition coefficient (Wildman–Crippen LogP) is 3.75. The number of amides is 1. The van der Waals surface area contributed by atoms with E-state index in [4.69, 9.17) is 16.3 Å². The van der Waals surface area contributed by atoms with Crippen molar-refractivity contribution >= 4 is 17.5 Å². The molecule has 0 saturated carbocycles. The van der Waals surface area contributed by atoms with Gasteiger partial charge < -0.3 is 9.64 Å². The van der Waals surface area contributed by atoms with Gasteiger partial charge in [0.15, 0.2) is 0 Å².